The van der Waals surface area contributed by atoms with Crippen molar-refractivity contribution in [1.82, 2.24) is 5.32 Å². The van der Waals surface area contributed by atoms with Gasteiger partial charge in [-0.3, -0.25) is 4.79 Å². The Morgan fingerprint density at radius 3 is 2.68 bits per heavy atom. The minimum absolute atomic E-state index is 0.101. The molecule has 1 aromatic carbocycles. The summed E-state index contributed by atoms with van der Waals surface area (Å²) in [6.45, 7) is 4.09. The summed E-state index contributed by atoms with van der Waals surface area (Å²) in [5, 5.41) is 2.72. The molecule has 22 heavy (non-hydrogen) atoms. The van der Waals surface area contributed by atoms with E-state index in [0.717, 1.165) is 17.6 Å². The van der Waals surface area contributed by atoms with E-state index in [2.05, 4.69) is 5.32 Å². The highest BCUT2D eigenvalue weighted by Crippen LogP contribution is 2.12. The second-order valence-electron chi connectivity index (χ2n) is 5.56. The van der Waals surface area contributed by atoms with Crippen molar-refractivity contribution in [3.63, 3.8) is 0 Å². The summed E-state index contributed by atoms with van der Waals surface area (Å²) in [4.78, 5) is 11.8. The SMILES string of the molecule is Cc1cccc(OCC(C)NC(=O)C(N)CCS(C)(=O)=O)c1. The zero-order valence-corrected chi connectivity index (χ0v) is 14.0. The fourth-order valence-electron chi connectivity index (χ4n) is 1.79. The van der Waals surface area contributed by atoms with Crippen LogP contribution in [-0.4, -0.2) is 45.0 Å². The van der Waals surface area contributed by atoms with E-state index >= 15 is 0 Å². The van der Waals surface area contributed by atoms with E-state index < -0.39 is 15.9 Å². The van der Waals surface area contributed by atoms with Crippen molar-refractivity contribution in [2.75, 3.05) is 18.6 Å². The van der Waals surface area contributed by atoms with Gasteiger partial charge in [-0.1, -0.05) is 12.1 Å². The maximum absolute atomic E-state index is 11.8. The normalized spacial score (nSPS) is 14.2. The molecule has 2 atom stereocenters. The van der Waals surface area contributed by atoms with E-state index in [1.807, 2.05) is 31.2 Å². The summed E-state index contributed by atoms with van der Waals surface area (Å²) in [5.41, 5.74) is 6.78. The van der Waals surface area contributed by atoms with Gasteiger partial charge in [0.25, 0.3) is 0 Å². The van der Waals surface area contributed by atoms with E-state index in [1.54, 1.807) is 6.92 Å². The van der Waals surface area contributed by atoms with Crippen molar-refractivity contribution < 1.29 is 17.9 Å². The van der Waals surface area contributed by atoms with Crippen LogP contribution in [0.25, 0.3) is 0 Å². The van der Waals surface area contributed by atoms with Crippen LogP contribution in [0.3, 0.4) is 0 Å². The number of ether oxygens (including phenoxy) is 1. The second-order valence-corrected chi connectivity index (χ2v) is 7.82. The van der Waals surface area contributed by atoms with E-state index in [-0.39, 0.29) is 24.1 Å². The maximum Gasteiger partial charge on any atom is 0.237 e. The fourth-order valence-corrected chi connectivity index (χ4v) is 2.47. The number of hydrogen-bond donors (Lipinski definition) is 2. The molecule has 1 aromatic rings. The van der Waals surface area contributed by atoms with Gasteiger partial charge in [0.2, 0.25) is 5.91 Å². The number of carbonyl (C=O) groups excluding carboxylic acids is 1. The molecule has 0 aromatic heterocycles. The van der Waals surface area contributed by atoms with Crippen LogP contribution in [0.2, 0.25) is 0 Å². The zero-order chi connectivity index (χ0) is 16.8. The van der Waals surface area contributed by atoms with E-state index in [4.69, 9.17) is 10.5 Å². The molecule has 6 nitrogen and oxygen atoms in total. The number of amides is 1. The van der Waals surface area contributed by atoms with Gasteiger partial charge in [0.05, 0.1) is 17.8 Å². The smallest absolute Gasteiger partial charge is 0.237 e. The van der Waals surface area contributed by atoms with Crippen LogP contribution >= 0.6 is 0 Å². The first-order valence-electron chi connectivity index (χ1n) is 7.10. The summed E-state index contributed by atoms with van der Waals surface area (Å²) < 4.78 is 27.7. The number of sulfone groups is 1. The monoisotopic (exact) mass is 328 g/mol. The Labute approximate surface area is 132 Å². The van der Waals surface area contributed by atoms with E-state index in [0.29, 0.717) is 6.61 Å². The molecule has 0 saturated carbocycles. The van der Waals surface area contributed by atoms with Gasteiger partial charge in [-0.05, 0) is 38.0 Å². The molecule has 1 rings (SSSR count). The van der Waals surface area contributed by atoms with Gasteiger partial charge in [-0.25, -0.2) is 8.42 Å². The highest BCUT2D eigenvalue weighted by molar-refractivity contribution is 7.90. The summed E-state index contributed by atoms with van der Waals surface area (Å²) in [6.07, 6.45) is 1.23. The topological polar surface area (TPSA) is 98.5 Å². The molecule has 124 valence electrons. The molecule has 0 aliphatic carbocycles. The lowest BCUT2D eigenvalue weighted by molar-refractivity contribution is -0.123. The average molecular weight is 328 g/mol. The maximum atomic E-state index is 11.8. The van der Waals surface area contributed by atoms with Crippen LogP contribution in [0.4, 0.5) is 0 Å². The van der Waals surface area contributed by atoms with Crippen molar-refractivity contribution in [3.8, 4) is 5.75 Å². The third-order valence-electron chi connectivity index (χ3n) is 3.01. The molecule has 2 unspecified atom stereocenters. The first kappa shape index (κ1) is 18.4. The van der Waals surface area contributed by atoms with Crippen molar-refractivity contribution in [3.05, 3.63) is 29.8 Å². The van der Waals surface area contributed by atoms with Crippen LogP contribution in [-0.2, 0) is 14.6 Å². The molecule has 0 saturated heterocycles. The molecule has 3 N–H and O–H groups in total. The fraction of sp³-hybridized carbons (Fsp3) is 0.533. The van der Waals surface area contributed by atoms with Gasteiger partial charge in [-0.2, -0.15) is 0 Å². The van der Waals surface area contributed by atoms with Crippen molar-refractivity contribution in [1.29, 1.82) is 0 Å². The molecule has 0 radical (unpaired) electrons. The van der Waals surface area contributed by atoms with Gasteiger partial charge >= 0.3 is 0 Å². The lowest BCUT2D eigenvalue weighted by Gasteiger charge is -2.18. The minimum Gasteiger partial charge on any atom is -0.491 e. The molecular weight excluding hydrogens is 304 g/mol. The lowest BCUT2D eigenvalue weighted by Crippen LogP contribution is -2.46. The third-order valence-corrected chi connectivity index (χ3v) is 3.99. The van der Waals surface area contributed by atoms with Gasteiger partial charge < -0.3 is 15.8 Å². The number of nitrogens with one attached hydrogen (secondary N) is 1. The highest BCUT2D eigenvalue weighted by atomic mass is 32.2. The zero-order valence-electron chi connectivity index (χ0n) is 13.2. The number of nitrogens with two attached hydrogens (primary N) is 1. The van der Waals surface area contributed by atoms with Gasteiger partial charge in [0.1, 0.15) is 22.2 Å². The van der Waals surface area contributed by atoms with E-state index in [1.165, 1.54) is 0 Å². The van der Waals surface area contributed by atoms with Crippen molar-refractivity contribution in [2.45, 2.75) is 32.4 Å². The molecule has 0 fully saturated rings. The number of carbonyl (C=O) groups is 1. The Balaban J connectivity index is 2.37. The third kappa shape index (κ3) is 7.42. The summed E-state index contributed by atoms with van der Waals surface area (Å²) >= 11 is 0. The molecule has 0 aliphatic heterocycles. The predicted octanol–water partition coefficient (Wildman–Crippen LogP) is 0.641. The van der Waals surface area contributed by atoms with Gasteiger partial charge in [0.15, 0.2) is 0 Å². The highest BCUT2D eigenvalue weighted by Gasteiger charge is 2.17. The second kappa shape index (κ2) is 8.14. The first-order valence-corrected chi connectivity index (χ1v) is 9.16. The molecular formula is C15H24N2O4S. The Hall–Kier alpha value is -1.60. The van der Waals surface area contributed by atoms with Crippen LogP contribution < -0.4 is 15.8 Å². The van der Waals surface area contributed by atoms with Gasteiger partial charge in [0, 0.05) is 6.26 Å². The van der Waals surface area contributed by atoms with Crippen molar-refractivity contribution in [2.24, 2.45) is 5.73 Å². The van der Waals surface area contributed by atoms with Crippen LogP contribution in [0.1, 0.15) is 18.9 Å². The summed E-state index contributed by atoms with van der Waals surface area (Å²) in [6, 6.07) is 6.56. The predicted molar refractivity (Wildman–Crippen MR) is 86.6 cm³/mol. The quantitative estimate of drug-likeness (QED) is 0.730. The summed E-state index contributed by atoms with van der Waals surface area (Å²) in [7, 11) is -3.12. The number of hydrogen-bond acceptors (Lipinski definition) is 5. The molecule has 1 amide bonds. The summed E-state index contributed by atoms with van der Waals surface area (Å²) in [5.74, 6) is 0.266. The largest absolute Gasteiger partial charge is 0.491 e. The molecule has 0 aliphatic rings. The van der Waals surface area contributed by atoms with Crippen LogP contribution in [0, 0.1) is 6.92 Å². The lowest BCUT2D eigenvalue weighted by atomic mass is 10.2. The molecule has 0 spiro atoms. The number of aryl methyl sites for hydroxylation is 1. The van der Waals surface area contributed by atoms with E-state index in [9.17, 15) is 13.2 Å². The average Bonchev–Trinajstić information content (AvgIpc) is 2.41. The number of benzene rings is 1. The van der Waals surface area contributed by atoms with Crippen LogP contribution in [0.5, 0.6) is 5.75 Å². The Morgan fingerprint density at radius 1 is 1.41 bits per heavy atom. The van der Waals surface area contributed by atoms with Crippen molar-refractivity contribution >= 4 is 15.7 Å². The molecule has 0 heterocycles. The Bertz CT molecular complexity index is 601. The minimum atomic E-state index is -3.12. The number of rotatable bonds is 8. The Kier molecular flexibility index (Phi) is 6.83. The Morgan fingerprint density at radius 2 is 2.09 bits per heavy atom. The van der Waals surface area contributed by atoms with Gasteiger partial charge in [-0.15, -0.1) is 0 Å². The standard InChI is InChI=1S/C15H24N2O4S/c1-11-5-4-6-13(9-11)21-10-12(2)17-15(18)14(16)7-8-22(3,19)20/h4-6,9,12,14H,7-8,10,16H2,1-3H3,(H,17,18). The van der Waals surface area contributed by atoms with Crippen LogP contribution in [0.15, 0.2) is 24.3 Å². The first-order chi connectivity index (χ1) is 10.2. The molecule has 7 heteroatoms. The molecule has 0 bridgehead atoms.